The first-order chi connectivity index (χ1) is 20.8. The Morgan fingerprint density at radius 3 is 2.47 bits per heavy atom. The third kappa shape index (κ3) is 6.39. The molecule has 0 spiro atoms. The van der Waals surface area contributed by atoms with Crippen LogP contribution in [0.25, 0.3) is 22.0 Å². The van der Waals surface area contributed by atoms with E-state index in [-0.39, 0.29) is 5.75 Å². The van der Waals surface area contributed by atoms with Gasteiger partial charge in [-0.05, 0) is 86.5 Å². The summed E-state index contributed by atoms with van der Waals surface area (Å²) in [7, 11) is 1.56. The SMILES string of the molecule is CCOc1cc(C=NNC(=O)c2[nH]c3c(C)cc(C)cc3c2-c2ccccc2Cl)ccc1OC(=O)c1ccc(OC)cc1. The molecule has 0 bridgehead atoms. The number of carbonyl (C=O) groups is 2. The summed E-state index contributed by atoms with van der Waals surface area (Å²) in [6, 6.07) is 23.1. The highest BCUT2D eigenvalue weighted by molar-refractivity contribution is 6.34. The van der Waals surface area contributed by atoms with E-state index in [1.807, 2.05) is 45.0 Å². The molecule has 1 heterocycles. The van der Waals surface area contributed by atoms with Crippen LogP contribution in [0.15, 0.2) is 84.0 Å². The van der Waals surface area contributed by atoms with E-state index < -0.39 is 11.9 Å². The number of hydrazone groups is 1. The standard InChI is InChI=1S/C34H30ClN3O5/c1-5-42-29-18-22(10-15-28(29)43-34(40)23-11-13-24(41-4)14-12-23)19-36-38-33(39)32-30(25-8-6-7-9-27(25)35)26-17-20(2)16-21(3)31(26)37-32/h6-19,37H,5H2,1-4H3,(H,38,39). The normalized spacial score (nSPS) is 11.1. The number of rotatable bonds is 9. The van der Waals surface area contributed by atoms with E-state index in [0.29, 0.717) is 45.5 Å². The molecule has 0 atom stereocenters. The molecular formula is C34H30ClN3O5. The van der Waals surface area contributed by atoms with Crippen LogP contribution in [0.2, 0.25) is 5.02 Å². The number of methoxy groups -OCH3 is 1. The molecule has 1 aromatic heterocycles. The Bertz CT molecular complexity index is 1840. The first-order valence-corrected chi connectivity index (χ1v) is 14.0. The van der Waals surface area contributed by atoms with Crippen LogP contribution in [-0.2, 0) is 0 Å². The number of nitrogens with one attached hydrogen (secondary N) is 2. The number of nitrogens with zero attached hydrogens (tertiary/aromatic N) is 1. The number of carbonyl (C=O) groups excluding carboxylic acids is 2. The highest BCUT2D eigenvalue weighted by Crippen LogP contribution is 2.38. The van der Waals surface area contributed by atoms with Gasteiger partial charge in [-0.15, -0.1) is 0 Å². The summed E-state index contributed by atoms with van der Waals surface area (Å²) in [6.45, 7) is 6.20. The van der Waals surface area contributed by atoms with E-state index >= 15 is 0 Å². The number of hydrogen-bond donors (Lipinski definition) is 2. The van der Waals surface area contributed by atoms with Gasteiger partial charge in [-0.2, -0.15) is 5.10 Å². The first-order valence-electron chi connectivity index (χ1n) is 13.6. The molecule has 0 fully saturated rings. The van der Waals surface area contributed by atoms with E-state index in [2.05, 4.69) is 21.6 Å². The Morgan fingerprint density at radius 1 is 0.977 bits per heavy atom. The van der Waals surface area contributed by atoms with Crippen LogP contribution < -0.4 is 19.6 Å². The van der Waals surface area contributed by atoms with Crippen molar-refractivity contribution in [3.63, 3.8) is 0 Å². The zero-order valence-electron chi connectivity index (χ0n) is 24.2. The zero-order valence-corrected chi connectivity index (χ0v) is 24.9. The van der Waals surface area contributed by atoms with Crippen molar-refractivity contribution >= 4 is 40.6 Å². The van der Waals surface area contributed by atoms with Crippen LogP contribution in [0.5, 0.6) is 17.2 Å². The maximum absolute atomic E-state index is 13.4. The fourth-order valence-corrected chi connectivity index (χ4v) is 5.06. The summed E-state index contributed by atoms with van der Waals surface area (Å²) in [4.78, 5) is 29.4. The van der Waals surface area contributed by atoms with Gasteiger partial charge in [0.25, 0.3) is 5.91 Å². The van der Waals surface area contributed by atoms with Gasteiger partial charge < -0.3 is 19.2 Å². The number of aromatic nitrogens is 1. The van der Waals surface area contributed by atoms with Crippen molar-refractivity contribution < 1.29 is 23.8 Å². The maximum Gasteiger partial charge on any atom is 0.343 e. The van der Waals surface area contributed by atoms with E-state index in [4.69, 9.17) is 25.8 Å². The minimum atomic E-state index is -0.532. The van der Waals surface area contributed by atoms with E-state index in [1.165, 1.54) is 6.21 Å². The Morgan fingerprint density at radius 2 is 1.74 bits per heavy atom. The van der Waals surface area contributed by atoms with Crippen LogP contribution in [0.4, 0.5) is 0 Å². The number of aryl methyl sites for hydroxylation is 2. The Hall–Kier alpha value is -5.08. The molecule has 43 heavy (non-hydrogen) atoms. The number of halogens is 1. The van der Waals surface area contributed by atoms with Gasteiger partial charge in [-0.3, -0.25) is 4.79 Å². The van der Waals surface area contributed by atoms with Crippen LogP contribution in [0.3, 0.4) is 0 Å². The molecule has 2 N–H and O–H groups in total. The lowest BCUT2D eigenvalue weighted by molar-refractivity contribution is 0.0728. The number of fused-ring (bicyclic) bond motifs is 1. The van der Waals surface area contributed by atoms with Gasteiger partial charge in [0.15, 0.2) is 11.5 Å². The Balaban J connectivity index is 1.38. The summed E-state index contributed by atoms with van der Waals surface area (Å²) in [5.41, 5.74) is 8.37. The largest absolute Gasteiger partial charge is 0.497 e. The number of benzene rings is 4. The smallest absolute Gasteiger partial charge is 0.343 e. The monoisotopic (exact) mass is 595 g/mol. The lowest BCUT2D eigenvalue weighted by atomic mass is 9.99. The van der Waals surface area contributed by atoms with Crippen molar-refractivity contribution in [3.8, 4) is 28.4 Å². The average Bonchev–Trinajstić information content (AvgIpc) is 3.38. The second kappa shape index (κ2) is 12.8. The average molecular weight is 596 g/mol. The minimum absolute atomic E-state index is 0.261. The number of ether oxygens (including phenoxy) is 3. The molecule has 0 saturated heterocycles. The van der Waals surface area contributed by atoms with Crippen molar-refractivity contribution in [3.05, 3.63) is 112 Å². The molecule has 0 unspecified atom stereocenters. The summed E-state index contributed by atoms with van der Waals surface area (Å²) < 4.78 is 16.4. The summed E-state index contributed by atoms with van der Waals surface area (Å²) in [5, 5.41) is 5.63. The van der Waals surface area contributed by atoms with Crippen LogP contribution >= 0.6 is 11.6 Å². The summed E-state index contributed by atoms with van der Waals surface area (Å²) in [6.07, 6.45) is 1.49. The van der Waals surface area contributed by atoms with Crippen molar-refractivity contribution in [1.29, 1.82) is 0 Å². The molecule has 5 rings (SSSR count). The molecule has 0 aliphatic heterocycles. The van der Waals surface area contributed by atoms with Crippen molar-refractivity contribution in [2.45, 2.75) is 20.8 Å². The molecule has 5 aromatic rings. The quantitative estimate of drug-likeness (QED) is 0.0795. The van der Waals surface area contributed by atoms with E-state index in [1.54, 1.807) is 55.6 Å². The minimum Gasteiger partial charge on any atom is -0.497 e. The summed E-state index contributed by atoms with van der Waals surface area (Å²) >= 11 is 6.57. The number of H-pyrrole nitrogens is 1. The van der Waals surface area contributed by atoms with Crippen molar-refractivity contribution in [2.24, 2.45) is 5.10 Å². The molecule has 8 nitrogen and oxygen atoms in total. The fourth-order valence-electron chi connectivity index (χ4n) is 4.83. The molecule has 218 valence electrons. The Labute approximate surface area is 254 Å². The zero-order chi connectivity index (χ0) is 30.5. The number of esters is 1. The van der Waals surface area contributed by atoms with Gasteiger partial charge in [0.2, 0.25) is 0 Å². The summed E-state index contributed by atoms with van der Waals surface area (Å²) in [5.74, 6) is 0.307. The first kappa shape index (κ1) is 29.4. The third-order valence-corrected chi connectivity index (χ3v) is 7.12. The van der Waals surface area contributed by atoms with E-state index in [9.17, 15) is 9.59 Å². The molecule has 0 aliphatic rings. The van der Waals surface area contributed by atoms with Gasteiger partial charge in [0.1, 0.15) is 11.4 Å². The second-order valence-electron chi connectivity index (χ2n) is 9.82. The molecular weight excluding hydrogens is 566 g/mol. The molecule has 4 aromatic carbocycles. The third-order valence-electron chi connectivity index (χ3n) is 6.80. The van der Waals surface area contributed by atoms with E-state index in [0.717, 1.165) is 27.6 Å². The van der Waals surface area contributed by atoms with Gasteiger partial charge in [0, 0.05) is 27.1 Å². The van der Waals surface area contributed by atoms with Gasteiger partial charge in [-0.1, -0.05) is 41.4 Å². The van der Waals surface area contributed by atoms with Crippen molar-refractivity contribution in [2.75, 3.05) is 13.7 Å². The topological polar surface area (TPSA) is 102 Å². The second-order valence-corrected chi connectivity index (χ2v) is 10.2. The van der Waals surface area contributed by atoms with Gasteiger partial charge in [-0.25, -0.2) is 10.2 Å². The number of hydrogen-bond acceptors (Lipinski definition) is 6. The van der Waals surface area contributed by atoms with Crippen molar-refractivity contribution in [1.82, 2.24) is 10.4 Å². The van der Waals surface area contributed by atoms with Gasteiger partial charge in [0.05, 0.1) is 25.5 Å². The highest BCUT2D eigenvalue weighted by atomic mass is 35.5. The van der Waals surface area contributed by atoms with Crippen LogP contribution in [0, 0.1) is 13.8 Å². The molecule has 0 saturated carbocycles. The lowest BCUT2D eigenvalue weighted by Crippen LogP contribution is -2.19. The van der Waals surface area contributed by atoms with Crippen LogP contribution in [0.1, 0.15) is 44.5 Å². The maximum atomic E-state index is 13.4. The Kier molecular flexibility index (Phi) is 8.78. The predicted molar refractivity (Wildman–Crippen MR) is 169 cm³/mol. The molecule has 0 radical (unpaired) electrons. The fraction of sp³-hybridized carbons (Fsp3) is 0.147. The number of amides is 1. The molecule has 0 aliphatic carbocycles. The lowest BCUT2D eigenvalue weighted by Gasteiger charge is -2.11. The van der Waals surface area contributed by atoms with Gasteiger partial charge >= 0.3 is 5.97 Å². The van der Waals surface area contributed by atoms with Crippen LogP contribution in [-0.4, -0.2) is 36.8 Å². The molecule has 9 heteroatoms. The number of aromatic amines is 1. The molecule has 1 amide bonds. The highest BCUT2D eigenvalue weighted by Gasteiger charge is 2.22. The predicted octanol–water partition coefficient (Wildman–Crippen LogP) is 7.50.